The smallest absolute Gasteiger partial charge is 0.254 e. The molecule has 4 rings (SSSR count). The molecule has 1 aliphatic heterocycles. The molecule has 10 nitrogen and oxygen atoms in total. The van der Waals surface area contributed by atoms with Gasteiger partial charge in [-0.25, -0.2) is 9.97 Å². The Morgan fingerprint density at radius 3 is 2.75 bits per heavy atom. The van der Waals surface area contributed by atoms with Crippen LogP contribution in [-0.2, 0) is 16.0 Å². The minimum Gasteiger partial charge on any atom is -0.378 e. The number of hydrogen-bond acceptors (Lipinski definition) is 8. The van der Waals surface area contributed by atoms with Gasteiger partial charge in [0, 0.05) is 30.0 Å². The summed E-state index contributed by atoms with van der Waals surface area (Å²) in [5.41, 5.74) is 8.62. The third-order valence-corrected chi connectivity index (χ3v) is 4.77. The van der Waals surface area contributed by atoms with Crippen molar-refractivity contribution >= 4 is 29.1 Å². The number of carbonyl (C=O) groups is 1. The van der Waals surface area contributed by atoms with Crippen LogP contribution in [0.4, 0.5) is 17.5 Å². The third kappa shape index (κ3) is 3.58. The van der Waals surface area contributed by atoms with Crippen molar-refractivity contribution in [3.05, 3.63) is 35.3 Å². The molecule has 0 radical (unpaired) electrons. The van der Waals surface area contributed by atoms with Crippen molar-refractivity contribution in [2.24, 2.45) is 0 Å². The van der Waals surface area contributed by atoms with Gasteiger partial charge in [-0.05, 0) is 26.0 Å². The van der Waals surface area contributed by atoms with Crippen LogP contribution in [0.3, 0.4) is 0 Å². The van der Waals surface area contributed by atoms with E-state index in [0.717, 1.165) is 35.9 Å². The molecule has 28 heavy (non-hydrogen) atoms. The number of nitrogens with one attached hydrogen (secondary N) is 1. The number of rotatable bonds is 4. The summed E-state index contributed by atoms with van der Waals surface area (Å²) in [6.45, 7) is 6.76. The highest BCUT2D eigenvalue weighted by Gasteiger charge is 2.16. The van der Waals surface area contributed by atoms with E-state index in [-0.39, 0.29) is 18.3 Å². The van der Waals surface area contributed by atoms with Crippen molar-refractivity contribution < 1.29 is 9.53 Å². The van der Waals surface area contributed by atoms with Crippen molar-refractivity contribution in [2.45, 2.75) is 20.3 Å². The largest absolute Gasteiger partial charge is 0.378 e. The molecule has 0 saturated carbocycles. The SMILES string of the molecule is Cc1nc2nc(N)nn2c(C)c1CC(=O)Nc1ccc(N2CCOCC2)nc1. The number of nitrogens with two attached hydrogens (primary N) is 1. The molecule has 3 N–H and O–H groups in total. The Morgan fingerprint density at radius 1 is 1.25 bits per heavy atom. The summed E-state index contributed by atoms with van der Waals surface area (Å²) < 4.78 is 6.91. The van der Waals surface area contributed by atoms with Crippen molar-refractivity contribution in [1.82, 2.24) is 24.6 Å². The van der Waals surface area contributed by atoms with Gasteiger partial charge in [0.25, 0.3) is 5.78 Å². The van der Waals surface area contributed by atoms with Crippen molar-refractivity contribution in [3.63, 3.8) is 0 Å². The van der Waals surface area contributed by atoms with Gasteiger partial charge >= 0.3 is 0 Å². The monoisotopic (exact) mass is 382 g/mol. The first kappa shape index (κ1) is 18.1. The first-order valence-corrected chi connectivity index (χ1v) is 9.08. The summed E-state index contributed by atoms with van der Waals surface area (Å²) in [4.78, 5) is 27.6. The van der Waals surface area contributed by atoms with Crippen molar-refractivity contribution in [2.75, 3.05) is 42.3 Å². The number of ether oxygens (including phenoxy) is 1. The summed E-state index contributed by atoms with van der Waals surface area (Å²) >= 11 is 0. The number of carbonyl (C=O) groups excluding carboxylic acids is 1. The Bertz CT molecular complexity index is 1010. The van der Waals surface area contributed by atoms with E-state index < -0.39 is 0 Å². The zero-order valence-corrected chi connectivity index (χ0v) is 15.8. The van der Waals surface area contributed by atoms with Crippen LogP contribution in [0.1, 0.15) is 17.0 Å². The summed E-state index contributed by atoms with van der Waals surface area (Å²) in [5, 5.41) is 7.01. The van der Waals surface area contributed by atoms with Crippen LogP contribution in [0, 0.1) is 13.8 Å². The summed E-state index contributed by atoms with van der Waals surface area (Å²) in [7, 11) is 0. The van der Waals surface area contributed by atoms with E-state index in [1.54, 1.807) is 10.7 Å². The predicted octanol–water partition coefficient (Wildman–Crippen LogP) is 0.736. The lowest BCUT2D eigenvalue weighted by atomic mass is 10.1. The molecular weight excluding hydrogens is 360 g/mol. The van der Waals surface area contributed by atoms with Crippen molar-refractivity contribution in [1.29, 1.82) is 0 Å². The molecule has 0 unspecified atom stereocenters. The zero-order valence-electron chi connectivity index (χ0n) is 15.8. The number of nitrogen functional groups attached to an aromatic ring is 1. The molecule has 146 valence electrons. The maximum absolute atomic E-state index is 12.6. The quantitative estimate of drug-likeness (QED) is 0.677. The number of aromatic nitrogens is 5. The van der Waals surface area contributed by atoms with Gasteiger partial charge in [-0.2, -0.15) is 9.50 Å². The van der Waals surface area contributed by atoms with E-state index in [1.807, 2.05) is 26.0 Å². The fraction of sp³-hybridized carbons (Fsp3) is 0.389. The van der Waals surface area contributed by atoms with E-state index >= 15 is 0 Å². The molecule has 1 aliphatic rings. The van der Waals surface area contributed by atoms with Gasteiger partial charge in [-0.15, -0.1) is 5.10 Å². The number of anilines is 3. The molecule has 1 saturated heterocycles. The summed E-state index contributed by atoms with van der Waals surface area (Å²) in [6, 6.07) is 3.76. The number of hydrogen-bond donors (Lipinski definition) is 2. The first-order chi connectivity index (χ1) is 13.5. The van der Waals surface area contributed by atoms with Gasteiger partial charge < -0.3 is 20.7 Å². The standard InChI is InChI=1S/C18H22N8O2/c1-11-14(12(2)26-18(21-11)23-17(19)24-26)9-16(27)22-13-3-4-15(20-10-13)25-5-7-28-8-6-25/h3-4,10H,5-9H2,1-2H3,(H2,19,24)(H,22,27). The first-order valence-electron chi connectivity index (χ1n) is 9.08. The normalized spacial score (nSPS) is 14.4. The van der Waals surface area contributed by atoms with E-state index in [0.29, 0.717) is 24.7 Å². The highest BCUT2D eigenvalue weighted by atomic mass is 16.5. The zero-order chi connectivity index (χ0) is 19.7. The van der Waals surface area contributed by atoms with Crippen LogP contribution < -0.4 is 16.0 Å². The maximum Gasteiger partial charge on any atom is 0.254 e. The molecule has 3 aromatic rings. The van der Waals surface area contributed by atoms with Gasteiger partial charge in [-0.1, -0.05) is 0 Å². The van der Waals surface area contributed by atoms with Crippen LogP contribution in [0.25, 0.3) is 5.78 Å². The number of morpholine rings is 1. The average Bonchev–Trinajstić information content (AvgIpc) is 3.07. The Labute approximate surface area is 161 Å². The fourth-order valence-electron chi connectivity index (χ4n) is 3.28. The highest BCUT2D eigenvalue weighted by molar-refractivity contribution is 5.92. The van der Waals surface area contributed by atoms with Crippen LogP contribution in [-0.4, -0.2) is 56.8 Å². The van der Waals surface area contributed by atoms with Crippen LogP contribution in [0.5, 0.6) is 0 Å². The lowest BCUT2D eigenvalue weighted by molar-refractivity contribution is -0.115. The van der Waals surface area contributed by atoms with Crippen LogP contribution in [0.2, 0.25) is 0 Å². The molecule has 1 amide bonds. The maximum atomic E-state index is 12.6. The molecular formula is C18H22N8O2. The molecule has 1 fully saturated rings. The van der Waals surface area contributed by atoms with Gasteiger partial charge in [0.2, 0.25) is 11.9 Å². The second-order valence-electron chi connectivity index (χ2n) is 6.67. The van der Waals surface area contributed by atoms with Crippen LogP contribution >= 0.6 is 0 Å². The molecule has 0 atom stereocenters. The lowest BCUT2D eigenvalue weighted by Gasteiger charge is -2.27. The van der Waals surface area contributed by atoms with Gasteiger partial charge in [0.05, 0.1) is 31.5 Å². The third-order valence-electron chi connectivity index (χ3n) is 4.77. The highest BCUT2D eigenvalue weighted by Crippen LogP contribution is 2.18. The van der Waals surface area contributed by atoms with Gasteiger partial charge in [-0.3, -0.25) is 4.79 Å². The predicted molar refractivity (Wildman–Crippen MR) is 104 cm³/mol. The molecule has 0 aliphatic carbocycles. The molecule has 0 aromatic carbocycles. The summed E-state index contributed by atoms with van der Waals surface area (Å²) in [6.07, 6.45) is 1.84. The molecule has 0 bridgehead atoms. The van der Waals surface area contributed by atoms with E-state index in [1.165, 1.54) is 0 Å². The Hall–Kier alpha value is -3.27. The minimum absolute atomic E-state index is 0.152. The average molecular weight is 382 g/mol. The number of pyridine rings is 1. The number of aryl methyl sites for hydroxylation is 2. The van der Waals surface area contributed by atoms with E-state index in [9.17, 15) is 4.79 Å². The Balaban J connectivity index is 1.46. The molecule has 0 spiro atoms. The topological polar surface area (TPSA) is 124 Å². The fourth-order valence-corrected chi connectivity index (χ4v) is 3.28. The Kier molecular flexibility index (Phi) is 4.78. The van der Waals surface area contributed by atoms with E-state index in [2.05, 4.69) is 30.3 Å². The van der Waals surface area contributed by atoms with Gasteiger partial charge in [0.1, 0.15) is 5.82 Å². The molecule has 4 heterocycles. The number of nitrogens with zero attached hydrogens (tertiary/aromatic N) is 6. The second kappa shape index (κ2) is 7.39. The van der Waals surface area contributed by atoms with Crippen molar-refractivity contribution in [3.8, 4) is 0 Å². The lowest BCUT2D eigenvalue weighted by Crippen LogP contribution is -2.36. The molecule has 10 heteroatoms. The second-order valence-corrected chi connectivity index (χ2v) is 6.67. The molecule has 3 aromatic heterocycles. The number of amides is 1. The summed E-state index contributed by atoms with van der Waals surface area (Å²) in [5.74, 6) is 1.32. The number of fused-ring (bicyclic) bond motifs is 1. The Morgan fingerprint density at radius 2 is 2.04 bits per heavy atom. The van der Waals surface area contributed by atoms with Gasteiger partial charge in [0.15, 0.2) is 0 Å². The van der Waals surface area contributed by atoms with E-state index in [4.69, 9.17) is 10.5 Å². The van der Waals surface area contributed by atoms with Crippen LogP contribution in [0.15, 0.2) is 18.3 Å². The minimum atomic E-state index is -0.152.